The van der Waals surface area contributed by atoms with Gasteiger partial charge in [0.15, 0.2) is 11.5 Å². The van der Waals surface area contributed by atoms with Gasteiger partial charge >= 0.3 is 0 Å². The molecular weight excluding hydrogens is 392 g/mol. The van der Waals surface area contributed by atoms with E-state index in [4.69, 9.17) is 9.15 Å². The quantitative estimate of drug-likeness (QED) is 0.620. The predicted molar refractivity (Wildman–Crippen MR) is 110 cm³/mol. The SMILES string of the molecule is O=C1C=CC(=O)N1c1cccc(-c2csc3c(=O)cc(N4CCOCC4)oc23)c1. The Morgan fingerprint density at radius 3 is 2.48 bits per heavy atom. The summed E-state index contributed by atoms with van der Waals surface area (Å²) in [5, 5.41) is 1.86. The van der Waals surface area contributed by atoms with Crippen molar-refractivity contribution in [3.8, 4) is 11.1 Å². The minimum absolute atomic E-state index is 0.0887. The van der Waals surface area contributed by atoms with Gasteiger partial charge in [0.2, 0.25) is 5.43 Å². The fourth-order valence-electron chi connectivity index (χ4n) is 3.54. The molecule has 0 unspecified atom stereocenters. The number of anilines is 2. The van der Waals surface area contributed by atoms with Gasteiger partial charge in [-0.25, -0.2) is 4.90 Å². The zero-order valence-corrected chi connectivity index (χ0v) is 16.1. The van der Waals surface area contributed by atoms with Gasteiger partial charge in [-0.05, 0) is 17.7 Å². The molecule has 29 heavy (non-hydrogen) atoms. The molecule has 5 rings (SSSR count). The molecule has 1 aromatic carbocycles. The highest BCUT2D eigenvalue weighted by molar-refractivity contribution is 7.17. The fourth-order valence-corrected chi connectivity index (χ4v) is 4.45. The van der Waals surface area contributed by atoms with Crippen LogP contribution in [-0.2, 0) is 14.3 Å². The second kappa shape index (κ2) is 6.98. The first kappa shape index (κ1) is 17.8. The van der Waals surface area contributed by atoms with Crippen molar-refractivity contribution in [3.05, 3.63) is 58.1 Å². The first-order chi connectivity index (χ1) is 14.1. The number of amides is 2. The summed E-state index contributed by atoms with van der Waals surface area (Å²) in [6.45, 7) is 2.50. The smallest absolute Gasteiger partial charge is 0.258 e. The van der Waals surface area contributed by atoms with E-state index in [9.17, 15) is 14.4 Å². The van der Waals surface area contributed by atoms with Crippen molar-refractivity contribution in [1.82, 2.24) is 0 Å². The van der Waals surface area contributed by atoms with Crippen LogP contribution in [-0.4, -0.2) is 38.1 Å². The van der Waals surface area contributed by atoms with Crippen molar-refractivity contribution >= 4 is 45.0 Å². The van der Waals surface area contributed by atoms with E-state index in [1.807, 2.05) is 16.3 Å². The molecule has 8 heteroatoms. The number of thiophene rings is 1. The van der Waals surface area contributed by atoms with E-state index < -0.39 is 0 Å². The molecule has 7 nitrogen and oxygen atoms in total. The van der Waals surface area contributed by atoms with Crippen LogP contribution in [0.25, 0.3) is 21.4 Å². The highest BCUT2D eigenvalue weighted by Gasteiger charge is 2.26. The molecule has 0 aliphatic carbocycles. The van der Waals surface area contributed by atoms with E-state index in [0.717, 1.165) is 16.0 Å². The second-order valence-electron chi connectivity index (χ2n) is 6.75. The van der Waals surface area contributed by atoms with Crippen molar-refractivity contribution in [3.63, 3.8) is 0 Å². The Morgan fingerprint density at radius 1 is 0.966 bits per heavy atom. The molecule has 3 aromatic rings. The summed E-state index contributed by atoms with van der Waals surface area (Å²) in [6, 6.07) is 8.63. The number of nitrogens with zero attached hydrogens (tertiary/aromatic N) is 2. The van der Waals surface area contributed by atoms with Crippen molar-refractivity contribution in [2.24, 2.45) is 0 Å². The third-order valence-electron chi connectivity index (χ3n) is 4.98. The Labute approximate surface area is 169 Å². The molecule has 1 saturated heterocycles. The fraction of sp³-hybridized carbons (Fsp3) is 0.190. The average molecular weight is 408 g/mol. The number of fused-ring (bicyclic) bond motifs is 1. The van der Waals surface area contributed by atoms with Crippen LogP contribution in [0.4, 0.5) is 11.6 Å². The monoisotopic (exact) mass is 408 g/mol. The lowest BCUT2D eigenvalue weighted by Crippen LogP contribution is -2.36. The number of hydrogen-bond donors (Lipinski definition) is 0. The van der Waals surface area contributed by atoms with Gasteiger partial charge in [-0.1, -0.05) is 12.1 Å². The minimum Gasteiger partial charge on any atom is -0.439 e. The number of morpholine rings is 1. The minimum atomic E-state index is -0.372. The summed E-state index contributed by atoms with van der Waals surface area (Å²) in [7, 11) is 0. The molecule has 0 radical (unpaired) electrons. The van der Waals surface area contributed by atoms with Crippen LogP contribution >= 0.6 is 11.3 Å². The number of imide groups is 1. The summed E-state index contributed by atoms with van der Waals surface area (Å²) in [5.74, 6) is -0.220. The summed E-state index contributed by atoms with van der Waals surface area (Å²) < 4.78 is 12.0. The molecule has 146 valence electrons. The van der Waals surface area contributed by atoms with Gasteiger partial charge in [-0.2, -0.15) is 0 Å². The molecule has 0 spiro atoms. The second-order valence-corrected chi connectivity index (χ2v) is 7.63. The molecule has 2 aromatic heterocycles. The number of hydrogen-bond acceptors (Lipinski definition) is 7. The normalized spacial score (nSPS) is 17.0. The van der Waals surface area contributed by atoms with Crippen molar-refractivity contribution in [2.45, 2.75) is 0 Å². The van der Waals surface area contributed by atoms with Gasteiger partial charge in [-0.15, -0.1) is 11.3 Å². The lowest BCUT2D eigenvalue weighted by Gasteiger charge is -2.27. The maximum absolute atomic E-state index is 12.6. The molecule has 1 fully saturated rings. The number of benzene rings is 1. The van der Waals surface area contributed by atoms with E-state index >= 15 is 0 Å². The van der Waals surface area contributed by atoms with Crippen LogP contribution in [0.2, 0.25) is 0 Å². The van der Waals surface area contributed by atoms with Crippen LogP contribution in [0, 0.1) is 0 Å². The van der Waals surface area contributed by atoms with Crippen molar-refractivity contribution in [2.75, 3.05) is 36.1 Å². The Kier molecular flexibility index (Phi) is 4.30. The number of ether oxygens (including phenoxy) is 1. The van der Waals surface area contributed by atoms with Crippen LogP contribution in [0.1, 0.15) is 0 Å². The van der Waals surface area contributed by atoms with Gasteiger partial charge in [-0.3, -0.25) is 14.4 Å². The number of carbonyl (C=O) groups is 2. The van der Waals surface area contributed by atoms with E-state index in [0.29, 0.717) is 48.2 Å². The molecule has 0 atom stereocenters. The van der Waals surface area contributed by atoms with Gasteiger partial charge in [0, 0.05) is 42.3 Å². The summed E-state index contributed by atoms with van der Waals surface area (Å²) in [4.78, 5) is 39.8. The molecule has 2 aliphatic rings. The maximum atomic E-state index is 12.6. The first-order valence-corrected chi connectivity index (χ1v) is 10.0. The Morgan fingerprint density at radius 2 is 1.72 bits per heavy atom. The summed E-state index contributed by atoms with van der Waals surface area (Å²) >= 11 is 1.32. The topological polar surface area (TPSA) is 80.1 Å². The maximum Gasteiger partial charge on any atom is 0.258 e. The van der Waals surface area contributed by atoms with Gasteiger partial charge in [0.25, 0.3) is 11.8 Å². The Hall–Kier alpha value is -3.23. The van der Waals surface area contributed by atoms with Crippen LogP contribution in [0.3, 0.4) is 0 Å². The third-order valence-corrected chi connectivity index (χ3v) is 5.95. The lowest BCUT2D eigenvalue weighted by atomic mass is 10.1. The first-order valence-electron chi connectivity index (χ1n) is 9.16. The third kappa shape index (κ3) is 3.06. The van der Waals surface area contributed by atoms with Crippen LogP contribution < -0.4 is 15.2 Å². The number of rotatable bonds is 3. The van der Waals surface area contributed by atoms with Crippen molar-refractivity contribution in [1.29, 1.82) is 0 Å². The van der Waals surface area contributed by atoms with E-state index in [2.05, 4.69) is 0 Å². The summed E-state index contributed by atoms with van der Waals surface area (Å²) in [5.41, 5.74) is 2.43. The molecule has 0 N–H and O–H groups in total. The van der Waals surface area contributed by atoms with E-state index in [1.54, 1.807) is 18.2 Å². The van der Waals surface area contributed by atoms with E-state index in [1.165, 1.54) is 29.6 Å². The van der Waals surface area contributed by atoms with Crippen LogP contribution in [0.5, 0.6) is 0 Å². The standard InChI is InChI=1S/C21H16N2O5S/c24-16-11-19(22-6-8-27-9-7-22)28-20-15(12-29-21(16)20)13-2-1-3-14(10-13)23-17(25)4-5-18(23)26/h1-5,10-12H,6-9H2. The molecule has 2 amide bonds. The Bertz CT molecular complexity index is 1200. The van der Waals surface area contributed by atoms with Crippen LogP contribution in [0.15, 0.2) is 57.1 Å². The molecule has 0 bridgehead atoms. The van der Waals surface area contributed by atoms with Gasteiger partial charge in [0.1, 0.15) is 4.70 Å². The zero-order chi connectivity index (χ0) is 20.0. The molecule has 0 saturated carbocycles. The highest BCUT2D eigenvalue weighted by atomic mass is 32.1. The van der Waals surface area contributed by atoms with Gasteiger partial charge in [0.05, 0.1) is 18.9 Å². The molecule has 4 heterocycles. The zero-order valence-electron chi connectivity index (χ0n) is 15.3. The van der Waals surface area contributed by atoms with E-state index in [-0.39, 0.29) is 17.2 Å². The molecular formula is C21H16N2O5S. The van der Waals surface area contributed by atoms with Crippen molar-refractivity contribution < 1.29 is 18.7 Å². The molecule has 2 aliphatic heterocycles. The predicted octanol–water partition coefficient (Wildman–Crippen LogP) is 2.79. The summed E-state index contributed by atoms with van der Waals surface area (Å²) in [6.07, 6.45) is 2.51. The largest absolute Gasteiger partial charge is 0.439 e. The van der Waals surface area contributed by atoms with Gasteiger partial charge < -0.3 is 14.1 Å². The Balaban J connectivity index is 1.59. The lowest BCUT2D eigenvalue weighted by molar-refractivity contribution is -0.119. The number of carbonyl (C=O) groups excluding carboxylic acids is 2. The average Bonchev–Trinajstić information content (AvgIpc) is 3.32. The highest BCUT2D eigenvalue weighted by Crippen LogP contribution is 2.36.